The quantitative estimate of drug-likeness (QED) is 0.758. The minimum atomic E-state index is -0.113. The molecule has 1 fully saturated rings. The van der Waals surface area contributed by atoms with E-state index in [0.717, 1.165) is 25.9 Å². The molecule has 92 valence electrons. The van der Waals surface area contributed by atoms with Crippen LogP contribution in [0.1, 0.15) is 12.8 Å². The lowest BCUT2D eigenvalue weighted by Gasteiger charge is -2.40. The first-order valence-corrected chi connectivity index (χ1v) is 6.87. The topological polar surface area (TPSA) is 49.6 Å². The molecule has 1 aliphatic rings. The maximum absolute atomic E-state index is 11.7. The maximum atomic E-state index is 11.7. The minimum absolute atomic E-state index is 0.0673. The van der Waals surface area contributed by atoms with Crippen molar-refractivity contribution in [1.29, 1.82) is 0 Å². The number of thioether (sulfide) groups is 1. The summed E-state index contributed by atoms with van der Waals surface area (Å²) in [4.78, 5) is 15.8. The lowest BCUT2D eigenvalue weighted by atomic mass is 9.96. The number of nitrogens with zero attached hydrogens (tertiary/aromatic N) is 2. The molecule has 1 aliphatic heterocycles. The number of carbonyl (C=O) groups excluding carboxylic acids is 1. The van der Waals surface area contributed by atoms with Crippen molar-refractivity contribution in [2.75, 3.05) is 33.4 Å². The molecule has 0 saturated carbocycles. The molecule has 0 aromatic carbocycles. The van der Waals surface area contributed by atoms with Crippen LogP contribution in [0.3, 0.4) is 0 Å². The fourth-order valence-electron chi connectivity index (χ4n) is 1.89. The van der Waals surface area contributed by atoms with E-state index >= 15 is 0 Å². The molecule has 0 aromatic heterocycles. The van der Waals surface area contributed by atoms with E-state index in [2.05, 4.69) is 0 Å². The van der Waals surface area contributed by atoms with E-state index in [1.807, 2.05) is 11.2 Å². The normalized spacial score (nSPS) is 19.3. The van der Waals surface area contributed by atoms with Crippen LogP contribution < -0.4 is 5.73 Å². The second-order valence-corrected chi connectivity index (χ2v) is 5.86. The number of carbonyl (C=O) groups is 1. The molecular weight excluding hydrogens is 242 g/mol. The standard InChI is InChI=1S/C10H19N3OS2/c1-12(2)9(14)13-6-4-10(16-3,5-7-13)8(11)15/h4-7H2,1-3H3,(H2,11,15). The summed E-state index contributed by atoms with van der Waals surface area (Å²) in [6.07, 6.45) is 3.73. The monoisotopic (exact) mass is 261 g/mol. The minimum Gasteiger partial charge on any atom is -0.392 e. The van der Waals surface area contributed by atoms with E-state index < -0.39 is 0 Å². The number of rotatable bonds is 2. The Kier molecular flexibility index (Phi) is 4.43. The third-order valence-corrected chi connectivity index (χ3v) is 4.99. The Balaban J connectivity index is 2.63. The van der Waals surface area contributed by atoms with E-state index in [0.29, 0.717) is 4.99 Å². The molecule has 2 N–H and O–H groups in total. The molecule has 1 rings (SSSR count). The van der Waals surface area contributed by atoms with Gasteiger partial charge < -0.3 is 15.5 Å². The van der Waals surface area contributed by atoms with Crippen molar-refractivity contribution < 1.29 is 4.79 Å². The summed E-state index contributed by atoms with van der Waals surface area (Å²) in [5.41, 5.74) is 5.79. The number of hydrogen-bond acceptors (Lipinski definition) is 3. The molecule has 1 heterocycles. The summed E-state index contributed by atoms with van der Waals surface area (Å²) in [5.74, 6) is 0. The Morgan fingerprint density at radius 1 is 1.44 bits per heavy atom. The van der Waals surface area contributed by atoms with Crippen molar-refractivity contribution >= 4 is 35.0 Å². The van der Waals surface area contributed by atoms with E-state index in [9.17, 15) is 4.79 Å². The zero-order valence-corrected chi connectivity index (χ0v) is 11.7. The van der Waals surface area contributed by atoms with Gasteiger partial charge in [0.1, 0.15) is 0 Å². The highest BCUT2D eigenvalue weighted by molar-refractivity contribution is 8.02. The number of urea groups is 1. The van der Waals surface area contributed by atoms with Crippen molar-refractivity contribution in [3.8, 4) is 0 Å². The number of nitrogens with two attached hydrogens (primary N) is 1. The van der Waals surface area contributed by atoms with Crippen LogP contribution in [0.15, 0.2) is 0 Å². The Morgan fingerprint density at radius 2 is 1.94 bits per heavy atom. The molecule has 16 heavy (non-hydrogen) atoms. The van der Waals surface area contributed by atoms with E-state index in [4.69, 9.17) is 18.0 Å². The first-order valence-electron chi connectivity index (χ1n) is 5.24. The van der Waals surface area contributed by atoms with Gasteiger partial charge in [0.15, 0.2) is 0 Å². The van der Waals surface area contributed by atoms with E-state index in [-0.39, 0.29) is 10.8 Å². The molecule has 0 aromatic rings. The van der Waals surface area contributed by atoms with Crippen molar-refractivity contribution in [2.45, 2.75) is 17.6 Å². The number of piperidine rings is 1. The maximum Gasteiger partial charge on any atom is 0.319 e. The Bertz CT molecular complexity index is 286. The lowest BCUT2D eigenvalue weighted by Crippen LogP contribution is -2.52. The van der Waals surface area contributed by atoms with Crippen molar-refractivity contribution in [1.82, 2.24) is 9.80 Å². The Labute approximate surface area is 107 Å². The molecule has 0 bridgehead atoms. The molecule has 6 heteroatoms. The average molecular weight is 261 g/mol. The van der Waals surface area contributed by atoms with Crippen molar-refractivity contribution in [3.05, 3.63) is 0 Å². The largest absolute Gasteiger partial charge is 0.392 e. The molecule has 0 radical (unpaired) electrons. The second kappa shape index (κ2) is 5.23. The van der Waals surface area contributed by atoms with Crippen LogP contribution in [-0.4, -0.2) is 59.0 Å². The van der Waals surface area contributed by atoms with Crippen LogP contribution in [0.4, 0.5) is 4.79 Å². The number of thiocarbonyl (C=S) groups is 1. The lowest BCUT2D eigenvalue weighted by molar-refractivity contribution is 0.158. The van der Waals surface area contributed by atoms with Crippen LogP contribution in [-0.2, 0) is 0 Å². The van der Waals surface area contributed by atoms with Gasteiger partial charge in [-0.05, 0) is 19.1 Å². The molecule has 0 atom stereocenters. The van der Waals surface area contributed by atoms with Gasteiger partial charge >= 0.3 is 6.03 Å². The summed E-state index contributed by atoms with van der Waals surface area (Å²) < 4.78 is -0.113. The van der Waals surface area contributed by atoms with Crippen LogP contribution >= 0.6 is 24.0 Å². The fourth-order valence-corrected chi connectivity index (χ4v) is 3.14. The summed E-state index contributed by atoms with van der Waals surface area (Å²) in [6, 6.07) is 0.0673. The van der Waals surface area contributed by atoms with Crippen molar-refractivity contribution in [2.24, 2.45) is 5.73 Å². The molecular formula is C10H19N3OS2. The van der Waals surface area contributed by atoms with Gasteiger partial charge in [-0.25, -0.2) is 4.79 Å². The average Bonchev–Trinajstić information content (AvgIpc) is 2.27. The van der Waals surface area contributed by atoms with Gasteiger partial charge in [0.2, 0.25) is 0 Å². The number of hydrogen-bond donors (Lipinski definition) is 1. The van der Waals surface area contributed by atoms with Gasteiger partial charge in [0.05, 0.1) is 9.74 Å². The SMILES string of the molecule is CSC1(C(N)=S)CCN(C(=O)N(C)C)CC1. The molecule has 2 amide bonds. The predicted molar refractivity (Wildman–Crippen MR) is 72.9 cm³/mol. The van der Waals surface area contributed by atoms with E-state index in [1.54, 1.807) is 30.8 Å². The van der Waals surface area contributed by atoms with E-state index in [1.165, 1.54) is 0 Å². The van der Waals surface area contributed by atoms with Gasteiger partial charge in [-0.3, -0.25) is 0 Å². The van der Waals surface area contributed by atoms with Crippen LogP contribution in [0.2, 0.25) is 0 Å². The summed E-state index contributed by atoms with van der Waals surface area (Å²) in [5, 5.41) is 0. The van der Waals surface area contributed by atoms with Crippen molar-refractivity contribution in [3.63, 3.8) is 0 Å². The van der Waals surface area contributed by atoms with Gasteiger partial charge in [0.25, 0.3) is 0 Å². The first-order chi connectivity index (χ1) is 7.43. The molecule has 1 saturated heterocycles. The first kappa shape index (κ1) is 13.6. The van der Waals surface area contributed by atoms with Crippen LogP contribution in [0.5, 0.6) is 0 Å². The third-order valence-electron chi connectivity index (χ3n) is 3.06. The van der Waals surface area contributed by atoms with Gasteiger partial charge in [-0.15, -0.1) is 0 Å². The molecule has 4 nitrogen and oxygen atoms in total. The third kappa shape index (κ3) is 2.60. The Hall–Kier alpha value is -0.490. The summed E-state index contributed by atoms with van der Waals surface area (Å²) >= 11 is 6.83. The highest BCUT2D eigenvalue weighted by Gasteiger charge is 2.38. The van der Waals surface area contributed by atoms with Gasteiger partial charge in [-0.2, -0.15) is 11.8 Å². The van der Waals surface area contributed by atoms with Crippen LogP contribution in [0.25, 0.3) is 0 Å². The summed E-state index contributed by atoms with van der Waals surface area (Å²) in [6.45, 7) is 1.46. The zero-order valence-electron chi connectivity index (χ0n) is 10.0. The highest BCUT2D eigenvalue weighted by Crippen LogP contribution is 2.35. The van der Waals surface area contributed by atoms with Crippen LogP contribution in [0, 0.1) is 0 Å². The number of amides is 2. The molecule has 0 spiro atoms. The second-order valence-electron chi connectivity index (χ2n) is 4.23. The fraction of sp³-hybridized carbons (Fsp3) is 0.800. The molecule has 0 aliphatic carbocycles. The number of likely N-dealkylation sites (tertiary alicyclic amines) is 1. The highest BCUT2D eigenvalue weighted by atomic mass is 32.2. The zero-order chi connectivity index (χ0) is 12.3. The Morgan fingerprint density at radius 3 is 2.25 bits per heavy atom. The predicted octanol–water partition coefficient (Wildman–Crippen LogP) is 1.15. The smallest absolute Gasteiger partial charge is 0.319 e. The molecule has 0 unspecified atom stereocenters. The van der Waals surface area contributed by atoms with Gasteiger partial charge in [-0.1, -0.05) is 12.2 Å². The summed E-state index contributed by atoms with van der Waals surface area (Å²) in [7, 11) is 3.54. The van der Waals surface area contributed by atoms with Gasteiger partial charge in [0, 0.05) is 27.2 Å².